The van der Waals surface area contributed by atoms with E-state index in [9.17, 15) is 8.78 Å². The van der Waals surface area contributed by atoms with E-state index in [0.29, 0.717) is 30.1 Å². The molecule has 0 radical (unpaired) electrons. The van der Waals surface area contributed by atoms with Crippen molar-refractivity contribution >= 4 is 17.6 Å². The topological polar surface area (TPSA) is 54.2 Å². The summed E-state index contributed by atoms with van der Waals surface area (Å²) in [6.07, 6.45) is 3.85. The highest BCUT2D eigenvalue weighted by atomic mass is 32.2. The van der Waals surface area contributed by atoms with Crippen molar-refractivity contribution in [3.05, 3.63) is 42.0 Å². The number of nitrogens with one attached hydrogen (secondary N) is 1. The van der Waals surface area contributed by atoms with Crippen LogP contribution in [0.3, 0.4) is 0 Å². The van der Waals surface area contributed by atoms with Crippen molar-refractivity contribution in [3.63, 3.8) is 0 Å². The van der Waals surface area contributed by atoms with Gasteiger partial charge in [-0.2, -0.15) is 13.9 Å². The first-order chi connectivity index (χ1) is 11.7. The monoisotopic (exact) mass is 354 g/mol. The first-order valence-corrected chi connectivity index (χ1v) is 8.99. The van der Waals surface area contributed by atoms with Gasteiger partial charge in [-0.3, -0.25) is 0 Å². The van der Waals surface area contributed by atoms with Gasteiger partial charge >= 0.3 is 0 Å². The molecule has 1 saturated heterocycles. The minimum atomic E-state index is -2.37. The number of hydrogen-bond acceptors (Lipinski definition) is 6. The quantitative estimate of drug-likeness (QED) is 0.823. The first kappa shape index (κ1) is 17.2. The second kappa shape index (κ2) is 8.43. The maximum Gasteiger partial charge on any atom is 0.284 e. The third kappa shape index (κ3) is 4.91. The van der Waals surface area contributed by atoms with Crippen molar-refractivity contribution in [2.24, 2.45) is 0 Å². The van der Waals surface area contributed by atoms with Crippen LogP contribution in [0.15, 0.2) is 34.9 Å². The molecule has 3 rings (SSSR count). The summed E-state index contributed by atoms with van der Waals surface area (Å²) in [5.41, 5.74) is 0. The SMILES string of the molecule is FC(F)SCc1ccc(CNC2CCCN(c3cccnn3)C2)o1. The van der Waals surface area contributed by atoms with Crippen molar-refractivity contribution in [1.82, 2.24) is 15.5 Å². The van der Waals surface area contributed by atoms with Gasteiger partial charge in [-0.15, -0.1) is 5.10 Å². The molecule has 0 amide bonds. The highest BCUT2D eigenvalue weighted by molar-refractivity contribution is 7.98. The summed E-state index contributed by atoms with van der Waals surface area (Å²) < 4.78 is 30.0. The molecule has 2 aromatic heterocycles. The van der Waals surface area contributed by atoms with Gasteiger partial charge in [0.25, 0.3) is 5.76 Å². The Morgan fingerprint density at radius 2 is 2.21 bits per heavy atom. The van der Waals surface area contributed by atoms with Gasteiger partial charge in [0.2, 0.25) is 0 Å². The second-order valence-corrected chi connectivity index (χ2v) is 6.67. The van der Waals surface area contributed by atoms with E-state index in [2.05, 4.69) is 20.4 Å². The molecule has 0 saturated carbocycles. The van der Waals surface area contributed by atoms with Gasteiger partial charge < -0.3 is 14.6 Å². The molecule has 0 spiro atoms. The largest absolute Gasteiger partial charge is 0.464 e. The molecule has 130 valence electrons. The number of hydrogen-bond donors (Lipinski definition) is 1. The number of rotatable bonds is 7. The van der Waals surface area contributed by atoms with E-state index in [4.69, 9.17) is 4.42 Å². The van der Waals surface area contributed by atoms with Gasteiger partial charge in [0, 0.05) is 25.3 Å². The molecule has 1 unspecified atom stereocenters. The lowest BCUT2D eigenvalue weighted by molar-refractivity contribution is 0.251. The van der Waals surface area contributed by atoms with Gasteiger partial charge in [-0.05, 0) is 37.1 Å². The van der Waals surface area contributed by atoms with Gasteiger partial charge in [-0.1, -0.05) is 11.8 Å². The molecule has 1 atom stereocenters. The van der Waals surface area contributed by atoms with Crippen LogP contribution in [0.1, 0.15) is 24.4 Å². The number of anilines is 1. The Labute approximate surface area is 143 Å². The standard InChI is InChI=1S/C16H20F2N4OS/c17-16(18)24-11-14-6-5-13(23-14)9-19-12-3-2-8-22(10-12)15-4-1-7-20-21-15/h1,4-7,12,16,19H,2-3,8-11H2. The summed E-state index contributed by atoms with van der Waals surface area (Å²) in [4.78, 5) is 2.22. The molecule has 0 aromatic carbocycles. The number of piperidine rings is 1. The predicted octanol–water partition coefficient (Wildman–Crippen LogP) is 3.28. The van der Waals surface area contributed by atoms with Crippen molar-refractivity contribution in [1.29, 1.82) is 0 Å². The molecule has 0 aliphatic carbocycles. The van der Waals surface area contributed by atoms with E-state index in [1.54, 1.807) is 12.3 Å². The lowest BCUT2D eigenvalue weighted by atomic mass is 10.1. The summed E-state index contributed by atoms with van der Waals surface area (Å²) in [6.45, 7) is 2.44. The van der Waals surface area contributed by atoms with E-state index < -0.39 is 5.76 Å². The molecule has 2 aromatic rings. The van der Waals surface area contributed by atoms with Gasteiger partial charge in [0.05, 0.1) is 12.3 Å². The minimum Gasteiger partial charge on any atom is -0.464 e. The van der Waals surface area contributed by atoms with Gasteiger partial charge in [0.1, 0.15) is 11.5 Å². The number of nitrogens with zero attached hydrogens (tertiary/aromatic N) is 3. The fourth-order valence-electron chi connectivity index (χ4n) is 2.80. The van der Waals surface area contributed by atoms with E-state index in [0.717, 1.165) is 37.5 Å². The Hall–Kier alpha value is -1.67. The molecular weight excluding hydrogens is 334 g/mol. The van der Waals surface area contributed by atoms with Crippen molar-refractivity contribution < 1.29 is 13.2 Å². The number of aromatic nitrogens is 2. The third-order valence-electron chi connectivity index (χ3n) is 3.94. The van der Waals surface area contributed by atoms with Crippen LogP contribution < -0.4 is 10.2 Å². The molecular formula is C16H20F2N4OS. The van der Waals surface area contributed by atoms with Crippen LogP contribution in [0, 0.1) is 0 Å². The number of thioether (sulfide) groups is 1. The fraction of sp³-hybridized carbons (Fsp3) is 0.500. The van der Waals surface area contributed by atoms with Crippen LogP contribution >= 0.6 is 11.8 Å². The lowest BCUT2D eigenvalue weighted by Crippen LogP contribution is -2.45. The van der Waals surface area contributed by atoms with Gasteiger partial charge in [0.15, 0.2) is 5.82 Å². The predicted molar refractivity (Wildman–Crippen MR) is 90.1 cm³/mol. The third-order valence-corrected chi connectivity index (χ3v) is 4.64. The van der Waals surface area contributed by atoms with Crippen molar-refractivity contribution in [3.8, 4) is 0 Å². The Morgan fingerprint density at radius 3 is 3.00 bits per heavy atom. The number of halogens is 2. The molecule has 1 fully saturated rings. The zero-order valence-electron chi connectivity index (χ0n) is 13.2. The zero-order valence-corrected chi connectivity index (χ0v) is 14.0. The number of alkyl halides is 2. The lowest BCUT2D eigenvalue weighted by Gasteiger charge is -2.33. The minimum absolute atomic E-state index is 0.196. The Morgan fingerprint density at radius 1 is 1.33 bits per heavy atom. The van der Waals surface area contributed by atoms with Crippen molar-refractivity contribution in [2.45, 2.75) is 36.9 Å². The van der Waals surface area contributed by atoms with Crippen LogP contribution in [-0.2, 0) is 12.3 Å². The molecule has 1 aliphatic rings. The maximum absolute atomic E-state index is 12.2. The Kier molecular flexibility index (Phi) is 6.03. The average molecular weight is 354 g/mol. The Balaban J connectivity index is 1.48. The highest BCUT2D eigenvalue weighted by Gasteiger charge is 2.21. The maximum atomic E-state index is 12.2. The molecule has 1 N–H and O–H groups in total. The van der Waals surface area contributed by atoms with Crippen LogP contribution in [0.2, 0.25) is 0 Å². The number of furan rings is 1. The molecule has 1 aliphatic heterocycles. The summed E-state index contributed by atoms with van der Waals surface area (Å²) in [5, 5.41) is 11.6. The molecule has 3 heterocycles. The highest BCUT2D eigenvalue weighted by Crippen LogP contribution is 2.21. The summed E-state index contributed by atoms with van der Waals surface area (Å²) in [7, 11) is 0. The normalized spacial score (nSPS) is 18.3. The van der Waals surface area contributed by atoms with Gasteiger partial charge in [-0.25, -0.2) is 0 Å². The summed E-state index contributed by atoms with van der Waals surface area (Å²) >= 11 is 0.575. The first-order valence-electron chi connectivity index (χ1n) is 7.94. The Bertz CT molecular complexity index is 626. The van der Waals surface area contributed by atoms with Crippen LogP contribution in [0.25, 0.3) is 0 Å². The molecule has 5 nitrogen and oxygen atoms in total. The van der Waals surface area contributed by atoms with E-state index in [-0.39, 0.29) is 5.75 Å². The molecule has 24 heavy (non-hydrogen) atoms. The van der Waals surface area contributed by atoms with Crippen LogP contribution in [-0.4, -0.2) is 35.1 Å². The van der Waals surface area contributed by atoms with E-state index in [1.807, 2.05) is 18.2 Å². The second-order valence-electron chi connectivity index (χ2n) is 5.69. The summed E-state index contributed by atoms with van der Waals surface area (Å²) in [6, 6.07) is 7.80. The summed E-state index contributed by atoms with van der Waals surface area (Å²) in [5.74, 6) is 0.0828. The fourth-order valence-corrected chi connectivity index (χ4v) is 3.24. The molecule has 0 bridgehead atoms. The molecule has 8 heteroatoms. The average Bonchev–Trinajstić information content (AvgIpc) is 3.07. The van der Waals surface area contributed by atoms with Crippen molar-refractivity contribution in [2.75, 3.05) is 18.0 Å². The van der Waals surface area contributed by atoms with E-state index >= 15 is 0 Å². The van der Waals surface area contributed by atoms with E-state index in [1.165, 1.54) is 0 Å². The zero-order chi connectivity index (χ0) is 16.8. The van der Waals surface area contributed by atoms with Crippen LogP contribution in [0.4, 0.5) is 14.6 Å². The van der Waals surface area contributed by atoms with Crippen LogP contribution in [0.5, 0.6) is 0 Å². The smallest absolute Gasteiger partial charge is 0.284 e.